The summed E-state index contributed by atoms with van der Waals surface area (Å²) >= 11 is 0. The van der Waals surface area contributed by atoms with Crippen LogP contribution in [0.15, 0.2) is 97.1 Å². The molecule has 0 fully saturated rings. The summed E-state index contributed by atoms with van der Waals surface area (Å²) in [6.07, 6.45) is 2.22. The lowest BCUT2D eigenvalue weighted by Crippen LogP contribution is -2.36. The molecule has 0 spiro atoms. The Balaban J connectivity index is 1.75. The number of imide groups is 3. The summed E-state index contributed by atoms with van der Waals surface area (Å²) in [4.78, 5) is 36.9. The quantitative estimate of drug-likeness (QED) is 0.505. The fourth-order valence-corrected chi connectivity index (χ4v) is 3.72. The largest absolute Gasteiger partial charge is 0.269 e. The molecule has 0 aliphatic carbocycles. The normalized spacial score (nSPS) is 13.8. The third-order valence-corrected chi connectivity index (χ3v) is 5.42. The number of carbonyl (C=O) groups excluding carboxylic acids is 3. The zero-order chi connectivity index (χ0) is 20.4. The minimum absolute atomic E-state index is 0.294. The van der Waals surface area contributed by atoms with Crippen LogP contribution in [0.1, 0.15) is 34.0 Å². The summed E-state index contributed by atoms with van der Waals surface area (Å²) in [5.74, 6) is -1.83. The van der Waals surface area contributed by atoms with Crippen molar-refractivity contribution in [1.82, 2.24) is 4.90 Å². The highest BCUT2D eigenvalue weighted by Gasteiger charge is 2.33. The van der Waals surface area contributed by atoms with Crippen molar-refractivity contribution >= 4 is 17.7 Å². The highest BCUT2D eigenvalue weighted by Crippen LogP contribution is 2.38. The van der Waals surface area contributed by atoms with Crippen molar-refractivity contribution in [2.75, 3.05) is 0 Å². The molecule has 1 heterocycles. The Morgan fingerprint density at radius 3 is 1.52 bits per heavy atom. The van der Waals surface area contributed by atoms with Gasteiger partial charge in [0.1, 0.15) is 0 Å². The maximum atomic E-state index is 12.6. The van der Waals surface area contributed by atoms with Crippen LogP contribution in [0.3, 0.4) is 0 Å². The highest BCUT2D eigenvalue weighted by atomic mass is 16.2. The second-order valence-corrected chi connectivity index (χ2v) is 7.08. The predicted octanol–water partition coefficient (Wildman–Crippen LogP) is 4.11. The minimum Gasteiger partial charge on any atom is -0.269 e. The predicted molar refractivity (Wildman–Crippen MR) is 110 cm³/mol. The van der Waals surface area contributed by atoms with Crippen molar-refractivity contribution in [1.29, 1.82) is 0 Å². The van der Waals surface area contributed by atoms with Crippen molar-refractivity contribution < 1.29 is 14.4 Å². The van der Waals surface area contributed by atoms with Gasteiger partial charge in [0.05, 0.1) is 0 Å². The Hall–Kier alpha value is -3.79. The summed E-state index contributed by atoms with van der Waals surface area (Å²) in [6.45, 7) is 2.14. The van der Waals surface area contributed by atoms with E-state index in [4.69, 9.17) is 0 Å². The van der Waals surface area contributed by atoms with Gasteiger partial charge in [-0.2, -0.15) is 0 Å². The molecule has 0 saturated heterocycles. The average Bonchev–Trinajstić information content (AvgIpc) is 3.12. The van der Waals surface area contributed by atoms with Gasteiger partial charge < -0.3 is 0 Å². The molecule has 4 heteroatoms. The van der Waals surface area contributed by atoms with Crippen molar-refractivity contribution in [3.05, 3.63) is 119 Å². The lowest BCUT2D eigenvalue weighted by atomic mass is 9.71. The molecule has 0 radical (unpaired) electrons. The van der Waals surface area contributed by atoms with Crippen molar-refractivity contribution in [3.8, 4) is 0 Å². The molecule has 0 saturated carbocycles. The number of carbonyl (C=O) groups is 3. The lowest BCUT2D eigenvalue weighted by molar-refractivity contribution is -0.133. The Morgan fingerprint density at radius 2 is 1.07 bits per heavy atom. The van der Waals surface area contributed by atoms with E-state index in [1.54, 1.807) is 12.1 Å². The second-order valence-electron chi connectivity index (χ2n) is 7.08. The molecule has 0 N–H and O–H groups in total. The number of nitrogens with zero attached hydrogens (tertiary/aromatic N) is 1. The van der Waals surface area contributed by atoms with E-state index in [9.17, 15) is 14.4 Å². The first-order chi connectivity index (χ1) is 14.0. The van der Waals surface area contributed by atoms with Gasteiger partial charge in [0.2, 0.25) is 0 Å². The van der Waals surface area contributed by atoms with Gasteiger partial charge in [-0.1, -0.05) is 72.8 Å². The molecule has 0 aromatic heterocycles. The van der Waals surface area contributed by atoms with Crippen LogP contribution < -0.4 is 0 Å². The molecular formula is C25H19NO3. The van der Waals surface area contributed by atoms with Gasteiger partial charge >= 0.3 is 0 Å². The van der Waals surface area contributed by atoms with Crippen LogP contribution in [0.5, 0.6) is 0 Å². The molecule has 4 nitrogen and oxygen atoms in total. The lowest BCUT2D eigenvalue weighted by Gasteiger charge is -2.32. The molecule has 1 aliphatic heterocycles. The third-order valence-electron chi connectivity index (χ3n) is 5.42. The Bertz CT molecular complexity index is 1040. The van der Waals surface area contributed by atoms with Gasteiger partial charge in [-0.15, -0.1) is 0 Å². The number of rotatable bonds is 4. The topological polar surface area (TPSA) is 54.5 Å². The maximum absolute atomic E-state index is 12.6. The monoisotopic (exact) mass is 381 g/mol. The zero-order valence-corrected chi connectivity index (χ0v) is 15.9. The fraction of sp³-hybridized carbons (Fsp3) is 0.0800. The first kappa shape index (κ1) is 18.6. The summed E-state index contributed by atoms with van der Waals surface area (Å²) in [5, 5.41) is 0. The van der Waals surface area contributed by atoms with Crippen LogP contribution in [0.4, 0.5) is 0 Å². The van der Waals surface area contributed by atoms with Gasteiger partial charge in [-0.25, -0.2) is 4.90 Å². The van der Waals surface area contributed by atoms with Gasteiger partial charge in [0.25, 0.3) is 17.7 Å². The van der Waals surface area contributed by atoms with E-state index in [1.165, 1.54) is 0 Å². The maximum Gasteiger partial charge on any atom is 0.267 e. The van der Waals surface area contributed by atoms with E-state index in [0.29, 0.717) is 10.5 Å². The van der Waals surface area contributed by atoms with Crippen LogP contribution in [0, 0.1) is 0 Å². The molecule has 1 aliphatic rings. The summed E-state index contributed by atoms with van der Waals surface area (Å²) in [7, 11) is 0. The first-order valence-electron chi connectivity index (χ1n) is 9.34. The van der Waals surface area contributed by atoms with Crippen molar-refractivity contribution in [2.45, 2.75) is 12.3 Å². The van der Waals surface area contributed by atoms with Gasteiger partial charge in [-0.3, -0.25) is 14.4 Å². The van der Waals surface area contributed by atoms with Gasteiger partial charge in [-0.05, 0) is 35.7 Å². The highest BCUT2D eigenvalue weighted by molar-refractivity contribution is 6.25. The number of hydrogen-bond acceptors (Lipinski definition) is 3. The Labute approximate surface area is 169 Å². The molecule has 3 amide bonds. The summed E-state index contributed by atoms with van der Waals surface area (Å²) in [6, 6.07) is 27.4. The zero-order valence-electron chi connectivity index (χ0n) is 15.9. The minimum atomic E-state index is -0.613. The van der Waals surface area contributed by atoms with Crippen LogP contribution in [0.25, 0.3) is 0 Å². The van der Waals surface area contributed by atoms with Crippen molar-refractivity contribution in [3.63, 3.8) is 0 Å². The standard InChI is InChI=1S/C25H19NO3/c1-25(19-8-4-2-5-9-19,20-10-6-3-7-11-20)21-14-12-18(13-15-21)24(29)26-22(27)16-17-23(26)28/h2-17H,1H3. The molecule has 0 bridgehead atoms. The molecule has 0 atom stereocenters. The van der Waals surface area contributed by atoms with Gasteiger partial charge in [0, 0.05) is 23.1 Å². The fourth-order valence-electron chi connectivity index (χ4n) is 3.72. The molecule has 0 unspecified atom stereocenters. The number of hydrogen-bond donors (Lipinski definition) is 0. The van der Waals surface area contributed by atoms with E-state index in [2.05, 4.69) is 31.2 Å². The number of benzene rings is 3. The smallest absolute Gasteiger partial charge is 0.267 e. The van der Waals surface area contributed by atoms with E-state index < -0.39 is 23.1 Å². The summed E-state index contributed by atoms with van der Waals surface area (Å²) < 4.78 is 0. The van der Waals surface area contributed by atoms with E-state index >= 15 is 0 Å². The Morgan fingerprint density at radius 1 is 0.655 bits per heavy atom. The molecule has 29 heavy (non-hydrogen) atoms. The summed E-state index contributed by atoms with van der Waals surface area (Å²) in [5.41, 5.74) is 3.12. The number of amides is 3. The van der Waals surface area contributed by atoms with Crippen LogP contribution in [0.2, 0.25) is 0 Å². The first-order valence-corrected chi connectivity index (χ1v) is 9.34. The van der Waals surface area contributed by atoms with E-state index in [0.717, 1.165) is 28.8 Å². The molecule has 142 valence electrons. The van der Waals surface area contributed by atoms with Crippen molar-refractivity contribution in [2.24, 2.45) is 0 Å². The molecule has 4 rings (SSSR count). The Kier molecular flexibility index (Phi) is 4.69. The second kappa shape index (κ2) is 7.32. The average molecular weight is 381 g/mol. The molecular weight excluding hydrogens is 362 g/mol. The van der Waals surface area contributed by atoms with E-state index in [1.807, 2.05) is 48.5 Å². The van der Waals surface area contributed by atoms with Crippen LogP contribution in [-0.2, 0) is 15.0 Å². The van der Waals surface area contributed by atoms with Crippen LogP contribution >= 0.6 is 0 Å². The molecule has 3 aromatic carbocycles. The molecule has 3 aromatic rings. The van der Waals surface area contributed by atoms with E-state index in [-0.39, 0.29) is 0 Å². The van der Waals surface area contributed by atoms with Gasteiger partial charge in [0.15, 0.2) is 0 Å². The van der Waals surface area contributed by atoms with Crippen LogP contribution in [-0.4, -0.2) is 22.6 Å². The SMILES string of the molecule is CC(c1ccccc1)(c1ccccc1)c1ccc(C(=O)N2C(=O)C=CC2=O)cc1. The third kappa shape index (κ3) is 3.19.